The highest BCUT2D eigenvalue weighted by Crippen LogP contribution is 2.17. The first-order valence-electron chi connectivity index (χ1n) is 10.4. The molecule has 8 nitrogen and oxygen atoms in total. The normalized spacial score (nSPS) is 14.5. The summed E-state index contributed by atoms with van der Waals surface area (Å²) in [5.41, 5.74) is 0.528. The van der Waals surface area contributed by atoms with Crippen molar-refractivity contribution in [1.82, 2.24) is 20.0 Å². The average molecular weight is 422 g/mol. The Morgan fingerprint density at radius 3 is 2.52 bits per heavy atom. The number of aromatic nitrogens is 2. The molecule has 1 saturated heterocycles. The van der Waals surface area contributed by atoms with Crippen molar-refractivity contribution in [2.45, 2.75) is 6.42 Å². The number of ether oxygens (including phenoxy) is 2. The average Bonchev–Trinajstić information content (AvgIpc) is 2.83. The fraction of sp³-hybridized carbons (Fsp3) is 0.348. The Balaban J connectivity index is 1.56. The molecule has 0 spiro atoms. The lowest BCUT2D eigenvalue weighted by Gasteiger charge is -2.26. The van der Waals surface area contributed by atoms with Crippen LogP contribution in [-0.4, -0.2) is 67.1 Å². The van der Waals surface area contributed by atoms with Crippen LogP contribution in [0.2, 0.25) is 0 Å². The van der Waals surface area contributed by atoms with Crippen molar-refractivity contribution in [2.24, 2.45) is 0 Å². The molecule has 1 amide bonds. The number of morpholine rings is 1. The van der Waals surface area contributed by atoms with Gasteiger partial charge in [0.25, 0.3) is 11.5 Å². The van der Waals surface area contributed by atoms with Crippen LogP contribution in [0.1, 0.15) is 16.9 Å². The molecular formula is C23H26N4O4. The van der Waals surface area contributed by atoms with Crippen LogP contribution < -0.4 is 15.6 Å². The Bertz CT molecular complexity index is 1100. The molecule has 0 saturated carbocycles. The van der Waals surface area contributed by atoms with E-state index in [9.17, 15) is 9.59 Å². The maximum Gasteiger partial charge on any atom is 0.279 e. The quantitative estimate of drug-likeness (QED) is 0.585. The van der Waals surface area contributed by atoms with Gasteiger partial charge in [-0.3, -0.25) is 14.5 Å². The second-order valence-electron chi connectivity index (χ2n) is 7.37. The Labute approximate surface area is 180 Å². The minimum atomic E-state index is -0.291. The molecule has 1 aromatic heterocycles. The molecular weight excluding hydrogens is 396 g/mol. The zero-order chi connectivity index (χ0) is 21.6. The van der Waals surface area contributed by atoms with Gasteiger partial charge in [0.15, 0.2) is 5.69 Å². The van der Waals surface area contributed by atoms with Gasteiger partial charge < -0.3 is 14.8 Å². The van der Waals surface area contributed by atoms with Crippen LogP contribution in [-0.2, 0) is 4.74 Å². The SMILES string of the molecule is COc1ccc(-n2nc(C(=O)NCCCN3CCOCC3)c3ccccc3c2=O)cc1. The summed E-state index contributed by atoms with van der Waals surface area (Å²) in [5.74, 6) is 0.385. The highest BCUT2D eigenvalue weighted by Gasteiger charge is 2.17. The van der Waals surface area contributed by atoms with Crippen molar-refractivity contribution in [2.75, 3.05) is 46.5 Å². The van der Waals surface area contributed by atoms with Crippen molar-refractivity contribution in [3.63, 3.8) is 0 Å². The molecule has 1 aliphatic heterocycles. The van der Waals surface area contributed by atoms with E-state index in [-0.39, 0.29) is 17.2 Å². The number of hydrogen-bond acceptors (Lipinski definition) is 6. The summed E-state index contributed by atoms with van der Waals surface area (Å²) in [6.07, 6.45) is 0.835. The third kappa shape index (κ3) is 4.76. The van der Waals surface area contributed by atoms with Crippen molar-refractivity contribution in [1.29, 1.82) is 0 Å². The van der Waals surface area contributed by atoms with Gasteiger partial charge in [-0.05, 0) is 43.3 Å². The van der Waals surface area contributed by atoms with Crippen LogP contribution in [0.5, 0.6) is 5.75 Å². The lowest BCUT2D eigenvalue weighted by Crippen LogP contribution is -2.38. The number of carbonyl (C=O) groups is 1. The second-order valence-corrected chi connectivity index (χ2v) is 7.37. The zero-order valence-electron chi connectivity index (χ0n) is 17.5. The molecule has 8 heteroatoms. The number of amides is 1. The first-order chi connectivity index (χ1) is 15.2. The second kappa shape index (κ2) is 9.72. The molecule has 3 aromatic rings. The Kier molecular flexibility index (Phi) is 6.59. The largest absolute Gasteiger partial charge is 0.497 e. The van der Waals surface area contributed by atoms with Crippen LogP contribution in [0.25, 0.3) is 16.5 Å². The predicted octanol–water partition coefficient (Wildman–Crippen LogP) is 1.85. The third-order valence-corrected chi connectivity index (χ3v) is 5.38. The summed E-state index contributed by atoms with van der Waals surface area (Å²) in [5, 5.41) is 8.37. The summed E-state index contributed by atoms with van der Waals surface area (Å²) in [4.78, 5) is 28.3. The number of fused-ring (bicyclic) bond motifs is 1. The van der Waals surface area contributed by atoms with E-state index in [1.807, 2.05) is 0 Å². The standard InChI is InChI=1S/C23H26N4O4/c1-30-18-9-7-17(8-10-18)27-23(29)20-6-3-2-5-19(20)21(25-27)22(28)24-11-4-12-26-13-15-31-16-14-26/h2-3,5-10H,4,11-16H2,1H3,(H,24,28). The van der Waals surface area contributed by atoms with E-state index >= 15 is 0 Å². The van der Waals surface area contributed by atoms with Crippen LogP contribution in [0, 0.1) is 0 Å². The predicted molar refractivity (Wildman–Crippen MR) is 118 cm³/mol. The summed E-state index contributed by atoms with van der Waals surface area (Å²) in [7, 11) is 1.58. The number of carbonyl (C=O) groups excluding carboxylic acids is 1. The fourth-order valence-corrected chi connectivity index (χ4v) is 3.67. The third-order valence-electron chi connectivity index (χ3n) is 5.38. The maximum atomic E-state index is 13.0. The van der Waals surface area contributed by atoms with E-state index in [0.717, 1.165) is 39.3 Å². The molecule has 1 N–H and O–H groups in total. The van der Waals surface area contributed by atoms with Gasteiger partial charge >= 0.3 is 0 Å². The van der Waals surface area contributed by atoms with Crippen molar-refractivity contribution >= 4 is 16.7 Å². The van der Waals surface area contributed by atoms with Gasteiger partial charge in [0.2, 0.25) is 0 Å². The number of hydrogen-bond donors (Lipinski definition) is 1. The van der Waals surface area contributed by atoms with Gasteiger partial charge in [-0.1, -0.05) is 18.2 Å². The number of nitrogens with zero attached hydrogens (tertiary/aromatic N) is 3. The van der Waals surface area contributed by atoms with Gasteiger partial charge in [-0.2, -0.15) is 9.78 Å². The molecule has 0 radical (unpaired) electrons. The smallest absolute Gasteiger partial charge is 0.279 e. The van der Waals surface area contributed by atoms with Crippen molar-refractivity contribution in [3.05, 3.63) is 64.6 Å². The van der Waals surface area contributed by atoms with E-state index in [0.29, 0.717) is 28.8 Å². The molecule has 1 fully saturated rings. The van der Waals surface area contributed by atoms with Gasteiger partial charge in [-0.25, -0.2) is 0 Å². The van der Waals surface area contributed by atoms with E-state index in [1.165, 1.54) is 4.68 Å². The van der Waals surface area contributed by atoms with Gasteiger partial charge in [0.1, 0.15) is 5.75 Å². The maximum absolute atomic E-state index is 13.0. The number of methoxy groups -OCH3 is 1. The summed E-state index contributed by atoms with van der Waals surface area (Å²) >= 11 is 0. The minimum Gasteiger partial charge on any atom is -0.497 e. The van der Waals surface area contributed by atoms with Crippen LogP contribution >= 0.6 is 0 Å². The molecule has 0 bridgehead atoms. The molecule has 162 valence electrons. The van der Waals surface area contributed by atoms with E-state index in [4.69, 9.17) is 9.47 Å². The van der Waals surface area contributed by atoms with E-state index < -0.39 is 0 Å². The molecule has 31 heavy (non-hydrogen) atoms. The molecule has 2 aromatic carbocycles. The van der Waals surface area contributed by atoms with Crippen LogP contribution in [0.15, 0.2) is 53.3 Å². The van der Waals surface area contributed by atoms with E-state index in [1.54, 1.807) is 55.6 Å². The summed E-state index contributed by atoms with van der Waals surface area (Å²) < 4.78 is 11.8. The number of benzene rings is 2. The molecule has 1 aliphatic rings. The summed E-state index contributed by atoms with van der Waals surface area (Å²) in [6, 6.07) is 14.0. The Morgan fingerprint density at radius 2 is 1.81 bits per heavy atom. The lowest BCUT2D eigenvalue weighted by molar-refractivity contribution is 0.0374. The first-order valence-corrected chi connectivity index (χ1v) is 10.4. The van der Waals surface area contributed by atoms with Crippen molar-refractivity contribution in [3.8, 4) is 11.4 Å². The topological polar surface area (TPSA) is 85.7 Å². The number of rotatable bonds is 7. The monoisotopic (exact) mass is 422 g/mol. The van der Waals surface area contributed by atoms with E-state index in [2.05, 4.69) is 15.3 Å². The Hall–Kier alpha value is -3.23. The summed E-state index contributed by atoms with van der Waals surface area (Å²) in [6.45, 7) is 4.81. The highest BCUT2D eigenvalue weighted by molar-refractivity contribution is 6.04. The van der Waals surface area contributed by atoms with Gasteiger partial charge in [0, 0.05) is 25.0 Å². The molecule has 0 atom stereocenters. The lowest BCUT2D eigenvalue weighted by atomic mass is 10.1. The van der Waals surface area contributed by atoms with Gasteiger partial charge in [0.05, 0.1) is 31.4 Å². The molecule has 0 aliphatic carbocycles. The van der Waals surface area contributed by atoms with Crippen LogP contribution in [0.4, 0.5) is 0 Å². The number of nitrogens with one attached hydrogen (secondary N) is 1. The first kappa shape index (κ1) is 21.0. The molecule has 2 heterocycles. The Morgan fingerprint density at radius 1 is 1.10 bits per heavy atom. The highest BCUT2D eigenvalue weighted by atomic mass is 16.5. The van der Waals surface area contributed by atoms with Gasteiger partial charge in [-0.15, -0.1) is 0 Å². The molecule has 4 rings (SSSR count). The molecule has 0 unspecified atom stereocenters. The fourth-order valence-electron chi connectivity index (χ4n) is 3.67. The van der Waals surface area contributed by atoms with Crippen LogP contribution in [0.3, 0.4) is 0 Å². The zero-order valence-corrected chi connectivity index (χ0v) is 17.5. The van der Waals surface area contributed by atoms with Crippen molar-refractivity contribution < 1.29 is 14.3 Å². The minimum absolute atomic E-state index is 0.234.